The van der Waals surface area contributed by atoms with Gasteiger partial charge in [0.1, 0.15) is 23.9 Å². The van der Waals surface area contributed by atoms with Gasteiger partial charge in [-0.25, -0.2) is 4.39 Å². The summed E-state index contributed by atoms with van der Waals surface area (Å²) in [7, 11) is 1.90. The molecule has 0 aliphatic heterocycles. The number of nitrogens with zero attached hydrogens (tertiary/aromatic N) is 2. The maximum absolute atomic E-state index is 13.2. The highest BCUT2D eigenvalue weighted by molar-refractivity contribution is 5.81. The largest absolute Gasteiger partial charge is 0.487 e. The van der Waals surface area contributed by atoms with Crippen LogP contribution in [0.4, 0.5) is 4.39 Å². The lowest BCUT2D eigenvalue weighted by Crippen LogP contribution is -2.04. The number of benzene rings is 2. The Labute approximate surface area is 121 Å². The standard InChI is InChI=1S/C16H16FN3O/c1-20-15-5-3-2-4-13(15)14(19-20)10-21-16-7-6-12(17)8-11(16)9-18/h2-8H,9-10,18H2,1H3. The molecule has 1 heterocycles. The summed E-state index contributed by atoms with van der Waals surface area (Å²) in [6, 6.07) is 12.3. The van der Waals surface area contributed by atoms with Crippen LogP contribution in [0, 0.1) is 5.82 Å². The Morgan fingerprint density at radius 3 is 2.86 bits per heavy atom. The first-order chi connectivity index (χ1) is 10.2. The zero-order chi connectivity index (χ0) is 14.8. The Morgan fingerprint density at radius 1 is 1.24 bits per heavy atom. The summed E-state index contributed by atoms with van der Waals surface area (Å²) in [4.78, 5) is 0. The minimum absolute atomic E-state index is 0.232. The van der Waals surface area contributed by atoms with Crippen LogP contribution in [0.15, 0.2) is 42.5 Å². The van der Waals surface area contributed by atoms with Crippen LogP contribution >= 0.6 is 0 Å². The second-order valence-electron chi connectivity index (χ2n) is 4.83. The number of aryl methyl sites for hydroxylation is 1. The second-order valence-corrected chi connectivity index (χ2v) is 4.83. The summed E-state index contributed by atoms with van der Waals surface area (Å²) in [6.45, 7) is 0.552. The molecule has 108 valence electrons. The third kappa shape index (κ3) is 2.60. The van der Waals surface area contributed by atoms with Gasteiger partial charge >= 0.3 is 0 Å². The monoisotopic (exact) mass is 285 g/mol. The topological polar surface area (TPSA) is 53.1 Å². The summed E-state index contributed by atoms with van der Waals surface area (Å²) >= 11 is 0. The molecule has 0 saturated heterocycles. The molecule has 4 nitrogen and oxygen atoms in total. The second kappa shape index (κ2) is 5.54. The lowest BCUT2D eigenvalue weighted by molar-refractivity contribution is 0.297. The molecule has 1 aromatic heterocycles. The van der Waals surface area contributed by atoms with Crippen molar-refractivity contribution >= 4 is 10.9 Å². The van der Waals surface area contributed by atoms with Crippen molar-refractivity contribution in [2.45, 2.75) is 13.2 Å². The van der Waals surface area contributed by atoms with Crippen LogP contribution in [0.5, 0.6) is 5.75 Å². The molecule has 2 N–H and O–H groups in total. The first kappa shape index (κ1) is 13.6. The molecule has 3 rings (SSSR count). The Balaban J connectivity index is 1.87. The number of para-hydroxylation sites is 1. The Kier molecular flexibility index (Phi) is 3.58. The minimum atomic E-state index is -0.314. The fraction of sp³-hybridized carbons (Fsp3) is 0.188. The normalized spacial score (nSPS) is 11.0. The van der Waals surface area contributed by atoms with Crippen molar-refractivity contribution < 1.29 is 9.13 Å². The zero-order valence-electron chi connectivity index (χ0n) is 11.7. The van der Waals surface area contributed by atoms with E-state index < -0.39 is 0 Å². The van der Waals surface area contributed by atoms with Crippen LogP contribution in [0.25, 0.3) is 10.9 Å². The number of ether oxygens (including phenoxy) is 1. The van der Waals surface area contributed by atoms with Crippen molar-refractivity contribution in [3.05, 3.63) is 59.5 Å². The lowest BCUT2D eigenvalue weighted by atomic mass is 10.2. The lowest BCUT2D eigenvalue weighted by Gasteiger charge is -2.09. The molecule has 5 heteroatoms. The van der Waals surface area contributed by atoms with Gasteiger partial charge in [0.15, 0.2) is 0 Å². The molecular formula is C16H16FN3O. The van der Waals surface area contributed by atoms with E-state index in [1.165, 1.54) is 12.1 Å². The molecule has 0 radical (unpaired) electrons. The molecule has 0 aliphatic rings. The van der Waals surface area contributed by atoms with Gasteiger partial charge in [-0.05, 0) is 24.3 Å². The summed E-state index contributed by atoms with van der Waals surface area (Å²) in [5.41, 5.74) is 8.16. The maximum atomic E-state index is 13.2. The minimum Gasteiger partial charge on any atom is -0.487 e. The van der Waals surface area contributed by atoms with E-state index in [2.05, 4.69) is 5.10 Å². The van der Waals surface area contributed by atoms with E-state index in [0.29, 0.717) is 17.9 Å². The zero-order valence-corrected chi connectivity index (χ0v) is 11.7. The molecule has 0 spiro atoms. The van der Waals surface area contributed by atoms with Crippen LogP contribution in [0.1, 0.15) is 11.3 Å². The van der Waals surface area contributed by atoms with Gasteiger partial charge < -0.3 is 10.5 Å². The first-order valence-electron chi connectivity index (χ1n) is 6.71. The highest BCUT2D eigenvalue weighted by Crippen LogP contribution is 2.23. The SMILES string of the molecule is Cn1nc(COc2ccc(F)cc2CN)c2ccccc21. The van der Waals surface area contributed by atoms with Gasteiger partial charge in [0, 0.05) is 24.5 Å². The van der Waals surface area contributed by atoms with E-state index in [9.17, 15) is 4.39 Å². The molecule has 0 aliphatic carbocycles. The van der Waals surface area contributed by atoms with Crippen molar-refractivity contribution in [2.24, 2.45) is 12.8 Å². The fourth-order valence-electron chi connectivity index (χ4n) is 2.39. The van der Waals surface area contributed by atoms with Gasteiger partial charge in [0.05, 0.1) is 5.52 Å². The average molecular weight is 285 g/mol. The number of rotatable bonds is 4. The van der Waals surface area contributed by atoms with Crippen LogP contribution in [0.2, 0.25) is 0 Å². The van der Waals surface area contributed by atoms with Crippen LogP contribution in [-0.2, 0) is 20.2 Å². The molecule has 0 amide bonds. The molecule has 0 atom stereocenters. The van der Waals surface area contributed by atoms with Crippen molar-refractivity contribution in [2.75, 3.05) is 0 Å². The van der Waals surface area contributed by atoms with Crippen LogP contribution in [0.3, 0.4) is 0 Å². The molecule has 21 heavy (non-hydrogen) atoms. The molecule has 2 aromatic carbocycles. The molecule has 0 unspecified atom stereocenters. The van der Waals surface area contributed by atoms with E-state index in [1.807, 2.05) is 36.0 Å². The van der Waals surface area contributed by atoms with Crippen molar-refractivity contribution in [1.29, 1.82) is 0 Å². The van der Waals surface area contributed by atoms with E-state index in [-0.39, 0.29) is 12.4 Å². The number of hydrogen-bond acceptors (Lipinski definition) is 3. The Morgan fingerprint density at radius 2 is 2.05 bits per heavy atom. The fourth-order valence-corrected chi connectivity index (χ4v) is 2.39. The molecule has 0 fully saturated rings. The van der Waals surface area contributed by atoms with E-state index >= 15 is 0 Å². The third-order valence-corrected chi connectivity index (χ3v) is 3.44. The summed E-state index contributed by atoms with van der Waals surface area (Å²) in [5.74, 6) is 0.278. The number of fused-ring (bicyclic) bond motifs is 1. The van der Waals surface area contributed by atoms with Crippen molar-refractivity contribution in [3.63, 3.8) is 0 Å². The van der Waals surface area contributed by atoms with E-state index in [4.69, 9.17) is 10.5 Å². The van der Waals surface area contributed by atoms with Gasteiger partial charge in [0.2, 0.25) is 0 Å². The van der Waals surface area contributed by atoms with Gasteiger partial charge in [0.25, 0.3) is 0 Å². The van der Waals surface area contributed by atoms with Gasteiger partial charge in [-0.1, -0.05) is 18.2 Å². The number of aromatic nitrogens is 2. The molecule has 0 bridgehead atoms. The van der Waals surface area contributed by atoms with E-state index in [0.717, 1.165) is 16.6 Å². The maximum Gasteiger partial charge on any atom is 0.133 e. The molecule has 0 saturated carbocycles. The van der Waals surface area contributed by atoms with Crippen molar-refractivity contribution in [1.82, 2.24) is 9.78 Å². The first-order valence-corrected chi connectivity index (χ1v) is 6.71. The molecule has 3 aromatic rings. The summed E-state index contributed by atoms with van der Waals surface area (Å²) in [5, 5.41) is 5.52. The summed E-state index contributed by atoms with van der Waals surface area (Å²) < 4.78 is 20.8. The van der Waals surface area contributed by atoms with E-state index in [1.54, 1.807) is 6.07 Å². The predicted octanol–water partition coefficient (Wildman–Crippen LogP) is 2.75. The van der Waals surface area contributed by atoms with Gasteiger partial charge in [-0.15, -0.1) is 0 Å². The summed E-state index contributed by atoms with van der Waals surface area (Å²) in [6.07, 6.45) is 0. The predicted molar refractivity (Wildman–Crippen MR) is 79.3 cm³/mol. The van der Waals surface area contributed by atoms with Crippen molar-refractivity contribution in [3.8, 4) is 5.75 Å². The van der Waals surface area contributed by atoms with Crippen LogP contribution in [-0.4, -0.2) is 9.78 Å². The Hall–Kier alpha value is -2.40. The number of hydrogen-bond donors (Lipinski definition) is 1. The third-order valence-electron chi connectivity index (χ3n) is 3.44. The highest BCUT2D eigenvalue weighted by atomic mass is 19.1. The smallest absolute Gasteiger partial charge is 0.133 e. The quantitative estimate of drug-likeness (QED) is 0.802. The number of halogens is 1. The Bertz CT molecular complexity index is 782. The highest BCUT2D eigenvalue weighted by Gasteiger charge is 2.10. The molecular weight excluding hydrogens is 269 g/mol. The average Bonchev–Trinajstić information content (AvgIpc) is 2.83. The van der Waals surface area contributed by atoms with Crippen LogP contribution < -0.4 is 10.5 Å². The van der Waals surface area contributed by atoms with Gasteiger partial charge in [-0.3, -0.25) is 4.68 Å². The van der Waals surface area contributed by atoms with Gasteiger partial charge in [-0.2, -0.15) is 5.10 Å². The number of nitrogens with two attached hydrogens (primary N) is 1.